The zero-order valence-electron chi connectivity index (χ0n) is 18.3. The molecular weight excluding hydrogens is 404 g/mol. The minimum atomic E-state index is -0.375. The summed E-state index contributed by atoms with van der Waals surface area (Å²) in [7, 11) is 0. The van der Waals surface area contributed by atoms with Gasteiger partial charge in [-0.05, 0) is 25.3 Å². The highest BCUT2D eigenvalue weighted by atomic mass is 35.5. The molecular formula is C24H33ClO5. The van der Waals surface area contributed by atoms with E-state index in [-0.39, 0.29) is 35.4 Å². The molecule has 1 N–H and O–H groups in total. The molecule has 0 aliphatic heterocycles. The SMILES string of the molecule is CCCCCOc1c(OCCCCC)c(OC(=O)CCC)c2c(Cl)cccc2c1O. The van der Waals surface area contributed by atoms with Crippen LogP contribution in [-0.4, -0.2) is 24.3 Å². The first-order chi connectivity index (χ1) is 14.5. The van der Waals surface area contributed by atoms with Crippen LogP contribution in [0, 0.1) is 0 Å². The molecule has 0 spiro atoms. The van der Waals surface area contributed by atoms with Gasteiger partial charge in [-0.2, -0.15) is 0 Å². The lowest BCUT2D eigenvalue weighted by Gasteiger charge is -2.20. The molecule has 0 amide bonds. The fourth-order valence-corrected chi connectivity index (χ4v) is 3.44. The summed E-state index contributed by atoms with van der Waals surface area (Å²) in [5, 5.41) is 12.3. The number of phenolic OH excluding ortho intramolecular Hbond substituents is 1. The lowest BCUT2D eigenvalue weighted by atomic mass is 10.1. The maximum Gasteiger partial charge on any atom is 0.311 e. The number of unbranched alkanes of at least 4 members (excludes halogenated alkanes) is 4. The van der Waals surface area contributed by atoms with Gasteiger partial charge in [-0.25, -0.2) is 0 Å². The third kappa shape index (κ3) is 6.18. The second-order valence-corrected chi connectivity index (χ2v) is 7.74. The Hall–Kier alpha value is -2.14. The van der Waals surface area contributed by atoms with E-state index >= 15 is 0 Å². The molecule has 0 aromatic heterocycles. The van der Waals surface area contributed by atoms with Crippen molar-refractivity contribution in [3.05, 3.63) is 23.2 Å². The number of fused-ring (bicyclic) bond motifs is 1. The number of ether oxygens (including phenoxy) is 3. The minimum absolute atomic E-state index is 0.0511. The fourth-order valence-electron chi connectivity index (χ4n) is 3.18. The highest BCUT2D eigenvalue weighted by Gasteiger charge is 2.26. The van der Waals surface area contributed by atoms with Crippen LogP contribution in [0.25, 0.3) is 10.8 Å². The van der Waals surface area contributed by atoms with Crippen LogP contribution in [0.2, 0.25) is 5.02 Å². The van der Waals surface area contributed by atoms with Crippen molar-refractivity contribution in [2.45, 2.75) is 72.1 Å². The molecule has 0 saturated carbocycles. The summed E-state index contributed by atoms with van der Waals surface area (Å²) in [5.74, 6) is 0.236. The van der Waals surface area contributed by atoms with Gasteiger partial charge >= 0.3 is 5.97 Å². The lowest BCUT2D eigenvalue weighted by molar-refractivity contribution is -0.134. The van der Waals surface area contributed by atoms with E-state index in [1.807, 2.05) is 6.92 Å². The van der Waals surface area contributed by atoms with Crippen molar-refractivity contribution in [1.82, 2.24) is 0 Å². The van der Waals surface area contributed by atoms with E-state index in [1.54, 1.807) is 18.2 Å². The average Bonchev–Trinajstić information content (AvgIpc) is 2.72. The number of hydrogen-bond donors (Lipinski definition) is 1. The fraction of sp³-hybridized carbons (Fsp3) is 0.542. The van der Waals surface area contributed by atoms with Crippen molar-refractivity contribution in [3.8, 4) is 23.0 Å². The number of halogens is 1. The summed E-state index contributed by atoms with van der Waals surface area (Å²) < 4.78 is 17.7. The number of rotatable bonds is 13. The van der Waals surface area contributed by atoms with Gasteiger partial charge in [-0.15, -0.1) is 0 Å². The topological polar surface area (TPSA) is 65.0 Å². The first-order valence-corrected chi connectivity index (χ1v) is 11.4. The molecule has 0 saturated heterocycles. The molecule has 0 atom stereocenters. The van der Waals surface area contributed by atoms with Gasteiger partial charge in [0.25, 0.3) is 0 Å². The second kappa shape index (κ2) is 12.5. The van der Waals surface area contributed by atoms with Crippen LogP contribution < -0.4 is 14.2 Å². The quantitative estimate of drug-likeness (QED) is 0.207. The highest BCUT2D eigenvalue weighted by Crippen LogP contribution is 2.52. The average molecular weight is 437 g/mol. The minimum Gasteiger partial charge on any atom is -0.504 e. The van der Waals surface area contributed by atoms with E-state index in [0.717, 1.165) is 38.5 Å². The smallest absolute Gasteiger partial charge is 0.311 e. The Bertz CT molecular complexity index is 834. The Kier molecular flexibility index (Phi) is 10.1. The standard InChI is InChI=1S/C24H33ClO5/c1-4-7-9-15-28-23-21(27)17-13-11-14-18(25)20(17)22(30-19(26)12-6-3)24(23)29-16-10-8-5-2/h11,13-14,27H,4-10,12,15-16H2,1-3H3. The number of aromatic hydroxyl groups is 1. The summed E-state index contributed by atoms with van der Waals surface area (Å²) in [5.41, 5.74) is 0. The summed E-state index contributed by atoms with van der Waals surface area (Å²) in [6.45, 7) is 6.99. The Morgan fingerprint density at radius 1 is 0.900 bits per heavy atom. The molecule has 0 heterocycles. The molecule has 0 fully saturated rings. The molecule has 2 rings (SSSR count). The number of benzene rings is 2. The number of hydrogen-bond acceptors (Lipinski definition) is 5. The van der Waals surface area contributed by atoms with Crippen LogP contribution in [0.15, 0.2) is 18.2 Å². The Balaban J connectivity index is 2.57. The Morgan fingerprint density at radius 2 is 1.53 bits per heavy atom. The van der Waals surface area contributed by atoms with Gasteiger partial charge in [0.2, 0.25) is 11.5 Å². The van der Waals surface area contributed by atoms with E-state index in [9.17, 15) is 9.90 Å². The van der Waals surface area contributed by atoms with Crippen LogP contribution in [0.5, 0.6) is 23.0 Å². The summed E-state index contributed by atoms with van der Waals surface area (Å²) in [6.07, 6.45) is 6.77. The van der Waals surface area contributed by atoms with Crippen molar-refractivity contribution in [1.29, 1.82) is 0 Å². The van der Waals surface area contributed by atoms with Crippen LogP contribution in [0.1, 0.15) is 72.1 Å². The van der Waals surface area contributed by atoms with Gasteiger partial charge in [-0.1, -0.05) is 70.2 Å². The molecule has 2 aromatic rings. The summed E-state index contributed by atoms with van der Waals surface area (Å²) >= 11 is 6.45. The van der Waals surface area contributed by atoms with Crippen LogP contribution >= 0.6 is 11.6 Å². The lowest BCUT2D eigenvalue weighted by Crippen LogP contribution is -2.11. The third-order valence-corrected chi connectivity index (χ3v) is 5.10. The maximum atomic E-state index is 12.4. The molecule has 0 unspecified atom stereocenters. The molecule has 166 valence electrons. The molecule has 5 nitrogen and oxygen atoms in total. The van der Waals surface area contributed by atoms with E-state index in [2.05, 4.69) is 13.8 Å². The van der Waals surface area contributed by atoms with Gasteiger partial charge < -0.3 is 19.3 Å². The van der Waals surface area contributed by atoms with Crippen molar-refractivity contribution < 1.29 is 24.1 Å². The second-order valence-electron chi connectivity index (χ2n) is 7.33. The van der Waals surface area contributed by atoms with E-state index in [0.29, 0.717) is 35.4 Å². The predicted molar refractivity (Wildman–Crippen MR) is 121 cm³/mol. The largest absolute Gasteiger partial charge is 0.504 e. The molecule has 6 heteroatoms. The molecule has 30 heavy (non-hydrogen) atoms. The normalized spacial score (nSPS) is 10.9. The van der Waals surface area contributed by atoms with Gasteiger partial charge in [0, 0.05) is 11.8 Å². The number of carbonyl (C=O) groups is 1. The van der Waals surface area contributed by atoms with Crippen molar-refractivity contribution in [2.75, 3.05) is 13.2 Å². The zero-order chi connectivity index (χ0) is 21.9. The van der Waals surface area contributed by atoms with Gasteiger partial charge in [-0.3, -0.25) is 4.79 Å². The number of esters is 1. The van der Waals surface area contributed by atoms with Crippen LogP contribution in [0.4, 0.5) is 0 Å². The van der Waals surface area contributed by atoms with Gasteiger partial charge in [0.05, 0.1) is 23.6 Å². The van der Waals surface area contributed by atoms with Crippen molar-refractivity contribution >= 4 is 28.3 Å². The predicted octanol–water partition coefficient (Wildman–Crippen LogP) is 7.04. The Morgan fingerprint density at radius 3 is 2.13 bits per heavy atom. The van der Waals surface area contributed by atoms with E-state index < -0.39 is 0 Å². The van der Waals surface area contributed by atoms with Crippen molar-refractivity contribution in [2.24, 2.45) is 0 Å². The first kappa shape index (κ1) is 24.1. The van der Waals surface area contributed by atoms with Crippen molar-refractivity contribution in [3.63, 3.8) is 0 Å². The molecule has 0 bridgehead atoms. The van der Waals surface area contributed by atoms with Crippen LogP contribution in [-0.2, 0) is 4.79 Å². The maximum absolute atomic E-state index is 12.4. The third-order valence-electron chi connectivity index (χ3n) is 4.78. The number of carbonyl (C=O) groups excluding carboxylic acids is 1. The molecule has 0 radical (unpaired) electrons. The summed E-state index contributed by atoms with van der Waals surface area (Å²) in [6, 6.07) is 5.17. The van der Waals surface area contributed by atoms with Gasteiger partial charge in [0.1, 0.15) is 0 Å². The van der Waals surface area contributed by atoms with E-state index in [4.69, 9.17) is 25.8 Å². The molecule has 2 aromatic carbocycles. The number of phenols is 1. The molecule has 0 aliphatic rings. The summed E-state index contributed by atoms with van der Waals surface area (Å²) in [4.78, 5) is 12.4. The molecule has 0 aliphatic carbocycles. The highest BCUT2D eigenvalue weighted by molar-refractivity contribution is 6.36. The van der Waals surface area contributed by atoms with E-state index in [1.165, 1.54) is 0 Å². The zero-order valence-corrected chi connectivity index (χ0v) is 19.0. The first-order valence-electron chi connectivity index (χ1n) is 11.0. The monoisotopic (exact) mass is 436 g/mol. The van der Waals surface area contributed by atoms with Gasteiger partial charge in [0.15, 0.2) is 11.5 Å². The van der Waals surface area contributed by atoms with Crippen LogP contribution in [0.3, 0.4) is 0 Å². The Labute approximate surface area is 184 Å².